The fourth-order valence-electron chi connectivity index (χ4n) is 5.72. The third kappa shape index (κ3) is 20.7. The van der Waals surface area contributed by atoms with Gasteiger partial charge in [0.05, 0.1) is 13.2 Å². The van der Waals surface area contributed by atoms with Crippen molar-refractivity contribution in [3.8, 4) is 0 Å². The van der Waals surface area contributed by atoms with Crippen LogP contribution in [0.1, 0.15) is 61.5 Å². The van der Waals surface area contributed by atoms with Gasteiger partial charge in [-0.2, -0.15) is 9.98 Å². The summed E-state index contributed by atoms with van der Waals surface area (Å²) in [6.45, 7) is -0.583. The Kier molecular flexibility index (Phi) is 24.9. The van der Waals surface area contributed by atoms with E-state index in [-0.39, 0.29) is 35.7 Å². The summed E-state index contributed by atoms with van der Waals surface area (Å²) in [5.41, 5.74) is 27.4. The average Bonchev–Trinajstić information content (AvgIpc) is 4.16. The number of unbranched alkanes of at least 4 members (excludes halogenated alkanes) is 3. The molecule has 10 atom stereocenters. The maximum absolute atomic E-state index is 10.1. The van der Waals surface area contributed by atoms with Crippen molar-refractivity contribution in [1.29, 1.82) is 0 Å². The number of aliphatic imine (C=N–C) groups is 4. The molecule has 22 N–H and O–H groups in total. The monoisotopic (exact) mass is 1040 g/mol. The summed E-state index contributed by atoms with van der Waals surface area (Å²) in [5.74, 6) is -2.55. The molecule has 0 saturated heterocycles. The van der Waals surface area contributed by atoms with E-state index in [9.17, 15) is 9.59 Å². The second kappa shape index (κ2) is 28.3. The smallest absolute Gasteiger partial charge is 0.335 e. The number of nitrogens with two attached hydrogens (primary N) is 4. The van der Waals surface area contributed by atoms with Crippen LogP contribution >= 0.6 is 46.4 Å². The van der Waals surface area contributed by atoms with Crippen molar-refractivity contribution >= 4 is 93.6 Å². The van der Waals surface area contributed by atoms with Crippen LogP contribution in [0.2, 0.25) is 0 Å². The Morgan fingerprint density at radius 3 is 1.10 bits per heavy atom. The summed E-state index contributed by atoms with van der Waals surface area (Å²) < 4.78 is -1.31. The zero-order chi connectivity index (χ0) is 51.5. The molecule has 2 aromatic rings. The molecule has 0 aromatic heterocycles. The number of anilines is 2. The van der Waals surface area contributed by atoms with E-state index < -0.39 is 82.7 Å². The van der Waals surface area contributed by atoms with Gasteiger partial charge in [-0.3, -0.25) is 9.98 Å². The van der Waals surface area contributed by atoms with Crippen LogP contribution in [0, 0.1) is 0 Å². The highest BCUT2D eigenvalue weighted by Crippen LogP contribution is 2.60. The summed E-state index contributed by atoms with van der Waals surface area (Å²) in [6, 6.07) is 15.4. The first-order valence-electron chi connectivity index (χ1n) is 20.7. The lowest BCUT2D eigenvalue weighted by Crippen LogP contribution is -2.48. The molecule has 4 rings (SSSR count). The first-order valence-corrected chi connectivity index (χ1v) is 22.2. The van der Waals surface area contributed by atoms with Crippen LogP contribution in [0.5, 0.6) is 0 Å². The van der Waals surface area contributed by atoms with E-state index in [4.69, 9.17) is 131 Å². The zero-order valence-corrected chi connectivity index (χ0v) is 39.3. The summed E-state index contributed by atoms with van der Waals surface area (Å²) in [4.78, 5) is 36.9. The van der Waals surface area contributed by atoms with Crippen LogP contribution < -0.4 is 33.6 Å². The quantitative estimate of drug-likeness (QED) is 0.0289. The van der Waals surface area contributed by atoms with E-state index in [2.05, 4.69) is 30.6 Å². The lowest BCUT2D eigenvalue weighted by molar-refractivity contribution is -0.164. The number of guanidine groups is 4. The normalized spacial score (nSPS) is 21.1. The lowest BCUT2D eigenvalue weighted by Gasteiger charge is -2.23. The Bertz CT molecular complexity index is 1880. The highest BCUT2D eigenvalue weighted by Gasteiger charge is 2.53. The van der Waals surface area contributed by atoms with Gasteiger partial charge in [0.2, 0.25) is 23.8 Å². The molecule has 382 valence electrons. The summed E-state index contributed by atoms with van der Waals surface area (Å²) in [7, 11) is 0. The number of aliphatic carboxylic acids is 2. The van der Waals surface area contributed by atoms with Crippen LogP contribution in [-0.2, 0) is 9.59 Å². The number of carbonyl (C=O) groups is 2. The van der Waals surface area contributed by atoms with E-state index in [1.54, 1.807) is 0 Å². The third-order valence-electron chi connectivity index (χ3n) is 9.92. The van der Waals surface area contributed by atoms with Gasteiger partial charge in [-0.1, -0.05) is 37.1 Å². The molecular weight excluding hydrogens is 986 g/mol. The van der Waals surface area contributed by atoms with Gasteiger partial charge in [0.25, 0.3) is 0 Å². The number of carboxylic acids is 2. The fourth-order valence-corrected chi connectivity index (χ4v) is 6.84. The first kappa shape index (κ1) is 59.7. The van der Waals surface area contributed by atoms with E-state index >= 15 is 0 Å². The number of rotatable bonds is 21. The molecule has 28 heteroatoms. The predicted octanol–water partition coefficient (Wildman–Crippen LogP) is -1.63. The molecule has 24 nitrogen and oxygen atoms in total. The minimum atomic E-state index is -2.20. The standard InChI is InChI=1S/C28H36Cl4N10.2C6H12O7/c29-27(30)15-21(27)17-5-9-19(10-6-17)39-25(35)41-23(33)37-13-3-1-2-4-14-38-24(34)42-26(36)40-20-11-7-18(8-12-20)22-16-28(22,31)32;2*7-1-2(8)3(9)4(10)5(11)6(12)13/h5-12,21-22H,1-4,13-16H2,(H5,33,35,37,39,41)(H5,34,36,38,40,42);2*2-5,7-11H,1H2,(H,12,13)/t;2*2-,3-,4+,5-/m.11/s1. The summed E-state index contributed by atoms with van der Waals surface area (Å²) >= 11 is 24.5. The Morgan fingerprint density at radius 1 is 0.559 bits per heavy atom. The fraction of sp³-hybridized carbons (Fsp3) is 0.550. The molecule has 2 saturated carbocycles. The van der Waals surface area contributed by atoms with E-state index in [1.165, 1.54) is 0 Å². The van der Waals surface area contributed by atoms with Crippen molar-refractivity contribution in [1.82, 2.24) is 0 Å². The number of hydrogen-bond donors (Lipinski definition) is 18. The summed E-state index contributed by atoms with van der Waals surface area (Å²) in [6.07, 6.45) is -10.5. The third-order valence-corrected chi connectivity index (χ3v) is 11.6. The van der Waals surface area contributed by atoms with Gasteiger partial charge < -0.3 is 94.8 Å². The van der Waals surface area contributed by atoms with Crippen molar-refractivity contribution in [2.75, 3.05) is 36.9 Å². The number of benzene rings is 2. The van der Waals surface area contributed by atoms with E-state index in [0.717, 1.165) is 61.0 Å². The molecule has 2 aliphatic rings. The number of carboxylic acid groups (broad SMARTS) is 2. The lowest BCUT2D eigenvalue weighted by atomic mass is 10.0. The van der Waals surface area contributed by atoms with Crippen LogP contribution in [0.4, 0.5) is 11.4 Å². The minimum absolute atomic E-state index is 0.122. The molecule has 0 amide bonds. The van der Waals surface area contributed by atoms with E-state index in [1.807, 2.05) is 48.5 Å². The summed E-state index contributed by atoms with van der Waals surface area (Å²) in [5, 5.41) is 110. The molecule has 2 aliphatic carbocycles. The Balaban J connectivity index is 0.000000498. The van der Waals surface area contributed by atoms with Crippen LogP contribution in [0.25, 0.3) is 0 Å². The van der Waals surface area contributed by atoms with Crippen molar-refractivity contribution < 1.29 is 70.9 Å². The van der Waals surface area contributed by atoms with Gasteiger partial charge in [-0.15, -0.1) is 46.4 Å². The van der Waals surface area contributed by atoms with Crippen molar-refractivity contribution in [3.63, 3.8) is 0 Å². The van der Waals surface area contributed by atoms with Crippen molar-refractivity contribution in [2.45, 2.75) is 108 Å². The highest BCUT2D eigenvalue weighted by atomic mass is 35.5. The van der Waals surface area contributed by atoms with Crippen LogP contribution in [0.15, 0.2) is 68.5 Å². The molecule has 2 aromatic carbocycles. The predicted molar refractivity (Wildman–Crippen MR) is 256 cm³/mol. The SMILES string of the molecule is NC(=NCCCCCCN=C(N)N=C(N)Nc1ccc(C2CC2(Cl)Cl)cc1)N=C(N)Nc1ccc(C2CC2(Cl)Cl)cc1.O=C(O)[C@H](O)[C@@H](O)[C@H](O)[C@H](O)CO.O=C(O)[C@H](O)[C@@H](O)[C@H](O)[C@H](O)CO. The molecule has 0 aliphatic heterocycles. The number of aliphatic hydroxyl groups is 10. The van der Waals surface area contributed by atoms with Crippen molar-refractivity contribution in [2.24, 2.45) is 42.9 Å². The molecule has 0 spiro atoms. The molecule has 0 heterocycles. The number of aliphatic hydroxyl groups excluding tert-OH is 10. The number of halogens is 4. The Hall–Kier alpha value is -4.38. The second-order valence-electron chi connectivity index (χ2n) is 15.4. The molecule has 2 unspecified atom stereocenters. The van der Waals surface area contributed by atoms with Gasteiger partial charge >= 0.3 is 11.9 Å². The van der Waals surface area contributed by atoms with Gasteiger partial charge in [-0.05, 0) is 61.1 Å². The number of hydrogen-bond acceptors (Lipinski definition) is 14. The maximum atomic E-state index is 10.1. The highest BCUT2D eigenvalue weighted by molar-refractivity contribution is 6.52. The van der Waals surface area contributed by atoms with E-state index in [0.29, 0.717) is 13.1 Å². The number of alkyl halides is 4. The number of nitrogens with one attached hydrogen (secondary N) is 2. The van der Waals surface area contributed by atoms with Gasteiger partial charge in [0.15, 0.2) is 12.2 Å². The first-order chi connectivity index (χ1) is 31.8. The van der Waals surface area contributed by atoms with Crippen LogP contribution in [0.3, 0.4) is 0 Å². The Morgan fingerprint density at radius 2 is 0.853 bits per heavy atom. The van der Waals surface area contributed by atoms with Gasteiger partial charge in [0.1, 0.15) is 45.3 Å². The van der Waals surface area contributed by atoms with Gasteiger partial charge in [-0.25, -0.2) is 9.59 Å². The zero-order valence-electron chi connectivity index (χ0n) is 36.3. The maximum Gasteiger partial charge on any atom is 0.335 e. The van der Waals surface area contributed by atoms with Crippen LogP contribution in [-0.4, -0.2) is 181 Å². The number of nitrogens with zero attached hydrogens (tertiary/aromatic N) is 4. The van der Waals surface area contributed by atoms with Crippen molar-refractivity contribution in [3.05, 3.63) is 59.7 Å². The Labute approximate surface area is 410 Å². The molecule has 2 fully saturated rings. The topological polar surface area (TPSA) is 454 Å². The molecular formula is C40H60Cl4N10O14. The molecule has 68 heavy (non-hydrogen) atoms. The average molecular weight is 1050 g/mol. The second-order valence-corrected chi connectivity index (χ2v) is 18.5. The van der Waals surface area contributed by atoms with Gasteiger partial charge in [0, 0.05) is 36.3 Å². The largest absolute Gasteiger partial charge is 0.479 e. The minimum Gasteiger partial charge on any atom is -0.479 e. The molecule has 0 radical (unpaired) electrons. The molecule has 0 bridgehead atoms.